The Morgan fingerprint density at radius 3 is 2.62 bits per heavy atom. The lowest BCUT2D eigenvalue weighted by molar-refractivity contribution is 0.0989. The fourth-order valence-corrected chi connectivity index (χ4v) is 2.03. The van der Waals surface area contributed by atoms with Crippen molar-refractivity contribution in [1.29, 1.82) is 0 Å². The number of fused-ring (bicyclic) bond motifs is 1. The van der Waals surface area contributed by atoms with Crippen molar-refractivity contribution in [3.05, 3.63) is 60.3 Å². The molecule has 2 aromatic heterocycles. The SMILES string of the molecule is CN(C(=O)c1cn2cc(F)ccc2n1)c1ccc(O)cc1. The molecule has 21 heavy (non-hydrogen) atoms. The number of carbonyl (C=O) groups is 1. The summed E-state index contributed by atoms with van der Waals surface area (Å²) in [6.45, 7) is 0. The second-order valence-electron chi connectivity index (χ2n) is 4.62. The predicted octanol–water partition coefficient (Wildman–Crippen LogP) is 2.46. The molecule has 3 rings (SSSR count). The molecule has 0 spiro atoms. The van der Waals surface area contributed by atoms with E-state index in [4.69, 9.17) is 0 Å². The first-order valence-electron chi connectivity index (χ1n) is 6.26. The van der Waals surface area contributed by atoms with Crippen molar-refractivity contribution < 1.29 is 14.3 Å². The number of imidazole rings is 1. The molecule has 2 heterocycles. The van der Waals surface area contributed by atoms with Crippen LogP contribution in [0.25, 0.3) is 5.65 Å². The van der Waals surface area contributed by atoms with Crippen LogP contribution in [0.1, 0.15) is 10.5 Å². The van der Waals surface area contributed by atoms with Gasteiger partial charge in [0.1, 0.15) is 22.9 Å². The van der Waals surface area contributed by atoms with Crippen LogP contribution in [0.4, 0.5) is 10.1 Å². The van der Waals surface area contributed by atoms with Gasteiger partial charge in [0.15, 0.2) is 0 Å². The second kappa shape index (κ2) is 4.90. The van der Waals surface area contributed by atoms with Crippen molar-refractivity contribution in [3.63, 3.8) is 0 Å². The lowest BCUT2D eigenvalue weighted by atomic mass is 10.2. The minimum atomic E-state index is -0.397. The standard InChI is InChI=1S/C15H12FN3O2/c1-18(11-3-5-12(20)6-4-11)15(21)13-9-19-8-10(16)2-7-14(19)17-13/h2-9,20H,1H3. The van der Waals surface area contributed by atoms with Crippen LogP contribution < -0.4 is 4.90 Å². The number of nitrogens with zero attached hydrogens (tertiary/aromatic N) is 3. The summed E-state index contributed by atoms with van der Waals surface area (Å²) in [6, 6.07) is 9.05. The lowest BCUT2D eigenvalue weighted by Gasteiger charge is -2.15. The minimum absolute atomic E-state index is 0.128. The summed E-state index contributed by atoms with van der Waals surface area (Å²) in [5.74, 6) is -0.585. The van der Waals surface area contributed by atoms with Crippen LogP contribution in [-0.2, 0) is 0 Å². The molecule has 1 aromatic carbocycles. The Labute approximate surface area is 119 Å². The average molecular weight is 285 g/mol. The van der Waals surface area contributed by atoms with Crippen LogP contribution in [0, 0.1) is 5.82 Å². The van der Waals surface area contributed by atoms with Gasteiger partial charge < -0.3 is 14.4 Å². The van der Waals surface area contributed by atoms with Crippen LogP contribution in [0.3, 0.4) is 0 Å². The van der Waals surface area contributed by atoms with Crippen LogP contribution in [0.2, 0.25) is 0 Å². The van der Waals surface area contributed by atoms with E-state index in [1.54, 1.807) is 19.2 Å². The van der Waals surface area contributed by atoms with Crippen LogP contribution in [0.15, 0.2) is 48.8 Å². The Hall–Kier alpha value is -2.89. The summed E-state index contributed by atoms with van der Waals surface area (Å²) in [5.41, 5.74) is 1.34. The van der Waals surface area contributed by atoms with Crippen LogP contribution in [0.5, 0.6) is 5.75 Å². The van der Waals surface area contributed by atoms with Gasteiger partial charge in [-0.05, 0) is 36.4 Å². The Kier molecular flexibility index (Phi) is 3.06. The molecule has 0 bridgehead atoms. The van der Waals surface area contributed by atoms with Gasteiger partial charge >= 0.3 is 0 Å². The summed E-state index contributed by atoms with van der Waals surface area (Å²) in [5, 5.41) is 9.26. The van der Waals surface area contributed by atoms with E-state index in [0.717, 1.165) is 0 Å². The van der Waals surface area contributed by atoms with E-state index < -0.39 is 5.82 Å². The van der Waals surface area contributed by atoms with Gasteiger partial charge in [0.05, 0.1) is 0 Å². The van der Waals surface area contributed by atoms with E-state index in [0.29, 0.717) is 11.3 Å². The van der Waals surface area contributed by atoms with E-state index in [1.165, 1.54) is 46.0 Å². The van der Waals surface area contributed by atoms with Crippen molar-refractivity contribution in [3.8, 4) is 5.75 Å². The van der Waals surface area contributed by atoms with Gasteiger partial charge in [0.2, 0.25) is 0 Å². The third-order valence-electron chi connectivity index (χ3n) is 3.18. The Bertz CT molecular complexity index is 811. The zero-order valence-electron chi connectivity index (χ0n) is 11.2. The number of phenols is 1. The molecule has 106 valence electrons. The smallest absolute Gasteiger partial charge is 0.278 e. The summed E-state index contributed by atoms with van der Waals surface area (Å²) in [6.07, 6.45) is 2.75. The number of benzene rings is 1. The first-order valence-corrected chi connectivity index (χ1v) is 6.26. The van der Waals surface area contributed by atoms with Gasteiger partial charge in [0, 0.05) is 25.1 Å². The molecule has 0 fully saturated rings. The average Bonchev–Trinajstić information content (AvgIpc) is 2.89. The quantitative estimate of drug-likeness (QED) is 0.787. The maximum absolute atomic E-state index is 13.1. The molecule has 0 atom stereocenters. The Morgan fingerprint density at radius 2 is 1.90 bits per heavy atom. The van der Waals surface area contributed by atoms with Gasteiger partial charge in [-0.25, -0.2) is 9.37 Å². The zero-order valence-corrected chi connectivity index (χ0v) is 11.2. The summed E-state index contributed by atoms with van der Waals surface area (Å²) in [4.78, 5) is 18.0. The topological polar surface area (TPSA) is 57.8 Å². The number of aromatic nitrogens is 2. The summed E-state index contributed by atoms with van der Waals surface area (Å²) in [7, 11) is 1.61. The van der Waals surface area contributed by atoms with Crippen molar-refractivity contribution in [1.82, 2.24) is 9.38 Å². The van der Waals surface area contributed by atoms with E-state index in [9.17, 15) is 14.3 Å². The normalized spacial score (nSPS) is 10.8. The van der Waals surface area contributed by atoms with Gasteiger partial charge in [0.25, 0.3) is 5.91 Å². The summed E-state index contributed by atoms with van der Waals surface area (Å²) < 4.78 is 14.6. The maximum Gasteiger partial charge on any atom is 0.278 e. The largest absolute Gasteiger partial charge is 0.508 e. The molecule has 6 heteroatoms. The molecule has 1 N–H and O–H groups in total. The first-order chi connectivity index (χ1) is 10.0. The molecule has 0 saturated heterocycles. The number of hydrogen-bond donors (Lipinski definition) is 1. The number of rotatable bonds is 2. The second-order valence-corrected chi connectivity index (χ2v) is 4.62. The fraction of sp³-hybridized carbons (Fsp3) is 0.0667. The summed E-state index contributed by atoms with van der Waals surface area (Å²) >= 11 is 0. The third kappa shape index (κ3) is 2.43. The molecule has 0 aliphatic heterocycles. The lowest BCUT2D eigenvalue weighted by Crippen LogP contribution is -2.26. The molecule has 3 aromatic rings. The van der Waals surface area contributed by atoms with Crippen molar-refractivity contribution in [2.75, 3.05) is 11.9 Å². The first kappa shape index (κ1) is 13.1. The number of pyridine rings is 1. The number of anilines is 1. The van der Waals surface area contributed by atoms with Gasteiger partial charge in [-0.2, -0.15) is 0 Å². The number of amides is 1. The number of halogens is 1. The molecule has 0 aliphatic carbocycles. The monoisotopic (exact) mass is 285 g/mol. The Balaban J connectivity index is 1.94. The number of hydrogen-bond acceptors (Lipinski definition) is 3. The molecule has 0 saturated carbocycles. The predicted molar refractivity (Wildman–Crippen MR) is 76.0 cm³/mol. The third-order valence-corrected chi connectivity index (χ3v) is 3.18. The van der Waals surface area contributed by atoms with E-state index in [2.05, 4.69) is 4.98 Å². The highest BCUT2D eigenvalue weighted by Gasteiger charge is 2.17. The van der Waals surface area contributed by atoms with E-state index in [1.807, 2.05) is 0 Å². The van der Waals surface area contributed by atoms with Gasteiger partial charge in [-0.15, -0.1) is 0 Å². The van der Waals surface area contributed by atoms with Gasteiger partial charge in [-0.1, -0.05) is 0 Å². The number of carbonyl (C=O) groups excluding carboxylic acids is 1. The fourth-order valence-electron chi connectivity index (χ4n) is 2.03. The number of aromatic hydroxyl groups is 1. The van der Waals surface area contributed by atoms with Gasteiger partial charge in [-0.3, -0.25) is 4.79 Å². The molecule has 1 amide bonds. The Morgan fingerprint density at radius 1 is 1.19 bits per heavy atom. The molecule has 5 nitrogen and oxygen atoms in total. The van der Waals surface area contributed by atoms with E-state index in [-0.39, 0.29) is 17.4 Å². The minimum Gasteiger partial charge on any atom is -0.508 e. The highest BCUT2D eigenvalue weighted by molar-refractivity contribution is 6.04. The number of phenolic OH excluding ortho intramolecular Hbond substituents is 1. The zero-order chi connectivity index (χ0) is 15.0. The molecule has 0 aliphatic rings. The highest BCUT2D eigenvalue weighted by Crippen LogP contribution is 2.19. The highest BCUT2D eigenvalue weighted by atomic mass is 19.1. The molecular formula is C15H12FN3O2. The molecular weight excluding hydrogens is 273 g/mol. The van der Waals surface area contributed by atoms with Crippen LogP contribution in [-0.4, -0.2) is 27.4 Å². The molecule has 0 radical (unpaired) electrons. The van der Waals surface area contributed by atoms with E-state index >= 15 is 0 Å². The molecule has 0 unspecified atom stereocenters. The van der Waals surface area contributed by atoms with Crippen molar-refractivity contribution in [2.24, 2.45) is 0 Å². The maximum atomic E-state index is 13.1. The van der Waals surface area contributed by atoms with Crippen molar-refractivity contribution in [2.45, 2.75) is 0 Å². The van der Waals surface area contributed by atoms with Crippen molar-refractivity contribution >= 4 is 17.2 Å². The van der Waals surface area contributed by atoms with Crippen LogP contribution >= 0.6 is 0 Å².